The van der Waals surface area contributed by atoms with Gasteiger partial charge in [0, 0.05) is 12.2 Å². The van der Waals surface area contributed by atoms with E-state index >= 15 is 0 Å². The molecular formula is C14H18N2O6S. The number of likely N-dealkylation sites (tertiary alicyclic amines) is 1. The average Bonchev–Trinajstić information content (AvgIpc) is 2.92. The van der Waals surface area contributed by atoms with Crippen LogP contribution in [0, 0.1) is 5.92 Å². The molecule has 1 aliphatic heterocycles. The SMILES string of the molecule is CCS(=O)(=O)c1ccc(N)cc1[C@@H]1[C@@H](C(=O)O)CCN1C(=O)O. The number of nitrogens with zero attached hydrogens (tertiary/aromatic N) is 1. The van der Waals surface area contributed by atoms with Crippen molar-refractivity contribution in [2.75, 3.05) is 18.0 Å². The third kappa shape index (κ3) is 3.09. The smallest absolute Gasteiger partial charge is 0.407 e. The van der Waals surface area contributed by atoms with E-state index < -0.39 is 33.9 Å². The first-order valence-corrected chi connectivity index (χ1v) is 8.68. The molecule has 4 N–H and O–H groups in total. The summed E-state index contributed by atoms with van der Waals surface area (Å²) in [6.45, 7) is 1.49. The minimum atomic E-state index is -3.65. The summed E-state index contributed by atoms with van der Waals surface area (Å²) in [5.41, 5.74) is 6.09. The fourth-order valence-corrected chi connectivity index (χ4v) is 4.01. The van der Waals surface area contributed by atoms with Crippen LogP contribution in [0.15, 0.2) is 23.1 Å². The summed E-state index contributed by atoms with van der Waals surface area (Å²) in [7, 11) is -3.65. The van der Waals surface area contributed by atoms with Gasteiger partial charge in [-0.3, -0.25) is 4.79 Å². The zero-order chi connectivity index (χ0) is 17.4. The number of benzene rings is 1. The second kappa shape index (κ2) is 6.07. The number of hydrogen-bond acceptors (Lipinski definition) is 5. The highest BCUT2D eigenvalue weighted by atomic mass is 32.2. The Labute approximate surface area is 133 Å². The molecule has 1 aromatic carbocycles. The number of rotatable bonds is 4. The van der Waals surface area contributed by atoms with E-state index in [4.69, 9.17) is 5.73 Å². The van der Waals surface area contributed by atoms with Crippen LogP contribution in [0.4, 0.5) is 10.5 Å². The Balaban J connectivity index is 2.68. The summed E-state index contributed by atoms with van der Waals surface area (Å²) in [6, 6.07) is 2.98. The zero-order valence-corrected chi connectivity index (χ0v) is 13.3. The molecule has 0 aromatic heterocycles. The number of nitrogens with two attached hydrogens (primary N) is 1. The molecule has 2 atom stereocenters. The molecule has 0 radical (unpaired) electrons. The van der Waals surface area contributed by atoms with Gasteiger partial charge in [-0.05, 0) is 30.2 Å². The molecule has 2 rings (SSSR count). The first kappa shape index (κ1) is 17.1. The van der Waals surface area contributed by atoms with Crippen molar-refractivity contribution in [3.8, 4) is 0 Å². The lowest BCUT2D eigenvalue weighted by atomic mass is 9.93. The molecule has 1 heterocycles. The van der Waals surface area contributed by atoms with Gasteiger partial charge >= 0.3 is 12.1 Å². The van der Waals surface area contributed by atoms with Gasteiger partial charge in [0.15, 0.2) is 9.84 Å². The molecule has 1 fully saturated rings. The van der Waals surface area contributed by atoms with Crippen molar-refractivity contribution < 1.29 is 28.2 Å². The first-order chi connectivity index (χ1) is 10.7. The quantitative estimate of drug-likeness (QED) is 0.698. The van der Waals surface area contributed by atoms with Crippen molar-refractivity contribution >= 4 is 27.6 Å². The standard InChI is InChI=1S/C14H18N2O6S/c1-2-23(21,22)11-4-3-8(15)7-10(11)12-9(13(17)18)5-6-16(12)14(19)20/h3-4,7,9,12H,2,5-6,15H2,1H3,(H,17,18)(H,19,20)/t9-,12-/m0/s1. The number of carboxylic acid groups (broad SMARTS) is 2. The Bertz CT molecular complexity index is 724. The summed E-state index contributed by atoms with van der Waals surface area (Å²) in [4.78, 5) is 23.8. The minimum absolute atomic E-state index is 0.0252. The molecule has 1 aromatic rings. The van der Waals surface area contributed by atoms with Gasteiger partial charge < -0.3 is 20.8 Å². The fourth-order valence-electron chi connectivity index (χ4n) is 2.89. The molecule has 0 bridgehead atoms. The van der Waals surface area contributed by atoms with Gasteiger partial charge in [-0.15, -0.1) is 0 Å². The number of hydrogen-bond donors (Lipinski definition) is 3. The van der Waals surface area contributed by atoms with E-state index in [2.05, 4.69) is 0 Å². The summed E-state index contributed by atoms with van der Waals surface area (Å²) < 4.78 is 24.6. The average molecular weight is 342 g/mol. The summed E-state index contributed by atoms with van der Waals surface area (Å²) >= 11 is 0. The maximum atomic E-state index is 12.3. The third-order valence-corrected chi connectivity index (χ3v) is 5.83. The van der Waals surface area contributed by atoms with Crippen LogP contribution in [0.1, 0.15) is 24.9 Å². The Kier molecular flexibility index (Phi) is 4.51. The van der Waals surface area contributed by atoms with Crippen LogP contribution >= 0.6 is 0 Å². The highest BCUT2D eigenvalue weighted by molar-refractivity contribution is 7.91. The van der Waals surface area contributed by atoms with E-state index in [0.29, 0.717) is 0 Å². The van der Waals surface area contributed by atoms with Gasteiger partial charge in [0.1, 0.15) is 0 Å². The van der Waals surface area contributed by atoms with Crippen LogP contribution in [0.3, 0.4) is 0 Å². The van der Waals surface area contributed by atoms with E-state index in [1.807, 2.05) is 0 Å². The Morgan fingerprint density at radius 3 is 2.52 bits per heavy atom. The van der Waals surface area contributed by atoms with Crippen LogP contribution in [0.5, 0.6) is 0 Å². The number of aliphatic carboxylic acids is 1. The van der Waals surface area contributed by atoms with Crippen LogP contribution in [0.25, 0.3) is 0 Å². The number of nitrogen functional groups attached to an aromatic ring is 1. The molecule has 0 aliphatic carbocycles. The summed E-state index contributed by atoms with van der Waals surface area (Å²) in [6.07, 6.45) is -1.17. The second-order valence-electron chi connectivity index (χ2n) is 5.35. The van der Waals surface area contributed by atoms with Crippen molar-refractivity contribution in [2.45, 2.75) is 24.3 Å². The molecule has 0 spiro atoms. The normalized spacial score (nSPS) is 21.3. The molecule has 126 valence electrons. The van der Waals surface area contributed by atoms with Gasteiger partial charge in [0.05, 0.1) is 22.6 Å². The van der Waals surface area contributed by atoms with Gasteiger partial charge in [-0.25, -0.2) is 13.2 Å². The molecule has 1 aliphatic rings. The summed E-state index contributed by atoms with van der Waals surface area (Å²) in [5.74, 6) is -2.36. The molecule has 0 unspecified atom stereocenters. The van der Waals surface area contributed by atoms with Crippen molar-refractivity contribution in [3.05, 3.63) is 23.8 Å². The van der Waals surface area contributed by atoms with Crippen molar-refractivity contribution in [2.24, 2.45) is 5.92 Å². The molecule has 8 nitrogen and oxygen atoms in total. The van der Waals surface area contributed by atoms with Crippen LogP contribution in [-0.2, 0) is 14.6 Å². The Morgan fingerprint density at radius 2 is 2.00 bits per heavy atom. The lowest BCUT2D eigenvalue weighted by Gasteiger charge is -2.26. The van der Waals surface area contributed by atoms with Gasteiger partial charge in [0.2, 0.25) is 0 Å². The molecular weight excluding hydrogens is 324 g/mol. The molecule has 0 saturated carbocycles. The van der Waals surface area contributed by atoms with Gasteiger partial charge in [0.25, 0.3) is 0 Å². The largest absolute Gasteiger partial charge is 0.481 e. The van der Waals surface area contributed by atoms with Gasteiger partial charge in [-0.2, -0.15) is 0 Å². The number of amides is 1. The van der Waals surface area contributed by atoms with E-state index in [-0.39, 0.29) is 34.9 Å². The maximum absolute atomic E-state index is 12.3. The number of anilines is 1. The zero-order valence-electron chi connectivity index (χ0n) is 12.5. The number of carbonyl (C=O) groups is 2. The molecule has 23 heavy (non-hydrogen) atoms. The minimum Gasteiger partial charge on any atom is -0.481 e. The third-order valence-electron chi connectivity index (χ3n) is 4.03. The van der Waals surface area contributed by atoms with E-state index in [1.54, 1.807) is 0 Å². The number of sulfone groups is 1. The van der Waals surface area contributed by atoms with Crippen molar-refractivity contribution in [1.82, 2.24) is 4.90 Å². The predicted molar refractivity (Wildman–Crippen MR) is 81.8 cm³/mol. The molecule has 1 saturated heterocycles. The van der Waals surface area contributed by atoms with E-state index in [0.717, 1.165) is 4.90 Å². The number of carboxylic acids is 1. The maximum Gasteiger partial charge on any atom is 0.407 e. The first-order valence-electron chi connectivity index (χ1n) is 7.03. The predicted octanol–water partition coefficient (Wildman–Crippen LogP) is 1.19. The van der Waals surface area contributed by atoms with E-state index in [9.17, 15) is 28.2 Å². The van der Waals surface area contributed by atoms with Crippen molar-refractivity contribution in [3.63, 3.8) is 0 Å². The summed E-state index contributed by atoms with van der Waals surface area (Å²) in [5, 5.41) is 18.7. The second-order valence-corrected chi connectivity index (χ2v) is 7.60. The fraction of sp³-hybridized carbons (Fsp3) is 0.429. The lowest BCUT2D eigenvalue weighted by Crippen LogP contribution is -2.33. The lowest BCUT2D eigenvalue weighted by molar-refractivity contribution is -0.142. The Morgan fingerprint density at radius 1 is 1.35 bits per heavy atom. The van der Waals surface area contributed by atoms with Crippen LogP contribution in [-0.4, -0.2) is 47.9 Å². The topological polar surface area (TPSA) is 138 Å². The van der Waals surface area contributed by atoms with Crippen LogP contribution < -0.4 is 5.73 Å². The van der Waals surface area contributed by atoms with E-state index in [1.165, 1.54) is 25.1 Å². The Hall–Kier alpha value is -2.29. The highest BCUT2D eigenvalue weighted by Gasteiger charge is 2.44. The van der Waals surface area contributed by atoms with Crippen LogP contribution in [0.2, 0.25) is 0 Å². The molecule has 1 amide bonds. The van der Waals surface area contributed by atoms with Gasteiger partial charge in [-0.1, -0.05) is 6.92 Å². The molecule has 9 heteroatoms. The monoisotopic (exact) mass is 342 g/mol. The highest BCUT2D eigenvalue weighted by Crippen LogP contribution is 2.41. The van der Waals surface area contributed by atoms with Crippen molar-refractivity contribution in [1.29, 1.82) is 0 Å².